The number of hydrogen-bond donors (Lipinski definition) is 2. The lowest BCUT2D eigenvalue weighted by Crippen LogP contribution is -2.49. The van der Waals surface area contributed by atoms with Crippen molar-refractivity contribution in [3.05, 3.63) is 0 Å². The zero-order valence-corrected chi connectivity index (χ0v) is 10.1. The van der Waals surface area contributed by atoms with Crippen LogP contribution in [-0.2, 0) is 4.79 Å². The van der Waals surface area contributed by atoms with Gasteiger partial charge in [-0.1, -0.05) is 12.8 Å². The van der Waals surface area contributed by atoms with E-state index in [2.05, 4.69) is 15.5 Å². The van der Waals surface area contributed by atoms with Gasteiger partial charge in [-0.2, -0.15) is 0 Å². The number of carbonyl (C=O) groups excluding carboxylic acids is 2. The van der Waals surface area contributed by atoms with Crippen molar-refractivity contribution < 1.29 is 9.59 Å². The first kappa shape index (κ1) is 13.0. The average molecular weight is 227 g/mol. The first-order valence-corrected chi connectivity index (χ1v) is 5.91. The number of nitrogens with zero attached hydrogens (tertiary/aromatic N) is 1. The molecule has 3 amide bonds. The Kier molecular flexibility index (Phi) is 5.25. The molecular formula is C11H21N3O2. The summed E-state index contributed by atoms with van der Waals surface area (Å²) in [6, 6.07) is -0.665. The van der Waals surface area contributed by atoms with Crippen molar-refractivity contribution in [1.29, 1.82) is 0 Å². The van der Waals surface area contributed by atoms with Gasteiger partial charge >= 0.3 is 6.03 Å². The molecule has 1 rings (SSSR count). The minimum Gasteiger partial charge on any atom is -0.341 e. The standard InChI is InChI=1S/C11H21N3O2/c1-9(10(15)13-11(16)12-2)14-7-5-3-4-6-8-14/h9H,3-8H2,1-2H3,(H2,12,13,15,16)/t9-/m0/s1. The van der Waals surface area contributed by atoms with Crippen LogP contribution in [0, 0.1) is 0 Å². The van der Waals surface area contributed by atoms with Crippen LogP contribution < -0.4 is 10.6 Å². The topological polar surface area (TPSA) is 61.4 Å². The zero-order valence-electron chi connectivity index (χ0n) is 10.1. The number of likely N-dealkylation sites (tertiary alicyclic amines) is 1. The Bertz CT molecular complexity index is 248. The van der Waals surface area contributed by atoms with Crippen LogP contribution in [0.4, 0.5) is 4.79 Å². The van der Waals surface area contributed by atoms with Crippen LogP contribution in [0.2, 0.25) is 0 Å². The van der Waals surface area contributed by atoms with E-state index in [0.29, 0.717) is 0 Å². The summed E-state index contributed by atoms with van der Waals surface area (Å²) in [7, 11) is 1.50. The molecule has 0 spiro atoms. The fourth-order valence-electron chi connectivity index (χ4n) is 1.93. The van der Waals surface area contributed by atoms with Gasteiger partial charge in [0.25, 0.3) is 0 Å². The van der Waals surface area contributed by atoms with Crippen molar-refractivity contribution in [2.45, 2.75) is 38.6 Å². The molecule has 1 fully saturated rings. The van der Waals surface area contributed by atoms with Crippen LogP contribution in [0.3, 0.4) is 0 Å². The molecule has 0 unspecified atom stereocenters. The van der Waals surface area contributed by atoms with E-state index in [0.717, 1.165) is 25.9 Å². The summed E-state index contributed by atoms with van der Waals surface area (Å²) >= 11 is 0. The van der Waals surface area contributed by atoms with E-state index in [-0.39, 0.29) is 11.9 Å². The van der Waals surface area contributed by atoms with Crippen molar-refractivity contribution in [2.75, 3.05) is 20.1 Å². The van der Waals surface area contributed by atoms with Crippen molar-refractivity contribution in [3.8, 4) is 0 Å². The van der Waals surface area contributed by atoms with Crippen molar-refractivity contribution in [1.82, 2.24) is 15.5 Å². The molecule has 5 nitrogen and oxygen atoms in total. The van der Waals surface area contributed by atoms with E-state index in [9.17, 15) is 9.59 Å². The molecule has 0 radical (unpaired) electrons. The van der Waals surface area contributed by atoms with Crippen molar-refractivity contribution in [3.63, 3.8) is 0 Å². The lowest BCUT2D eigenvalue weighted by atomic mass is 10.2. The number of amides is 3. The molecule has 16 heavy (non-hydrogen) atoms. The molecule has 1 heterocycles. The van der Waals surface area contributed by atoms with Gasteiger partial charge in [0.2, 0.25) is 5.91 Å². The number of nitrogens with one attached hydrogen (secondary N) is 2. The largest absolute Gasteiger partial charge is 0.341 e. The molecule has 1 saturated heterocycles. The summed E-state index contributed by atoms with van der Waals surface area (Å²) in [4.78, 5) is 24.9. The van der Waals surface area contributed by atoms with Crippen LogP contribution in [-0.4, -0.2) is 43.0 Å². The fourth-order valence-corrected chi connectivity index (χ4v) is 1.93. The average Bonchev–Trinajstić information content (AvgIpc) is 2.56. The molecule has 0 saturated carbocycles. The Morgan fingerprint density at radius 1 is 1.12 bits per heavy atom. The molecule has 0 bridgehead atoms. The van der Waals surface area contributed by atoms with Gasteiger partial charge in [-0.15, -0.1) is 0 Å². The van der Waals surface area contributed by atoms with Crippen LogP contribution in [0.5, 0.6) is 0 Å². The monoisotopic (exact) mass is 227 g/mol. The second kappa shape index (κ2) is 6.48. The second-order valence-electron chi connectivity index (χ2n) is 4.19. The lowest BCUT2D eigenvalue weighted by molar-refractivity contribution is -0.124. The van der Waals surface area contributed by atoms with E-state index in [1.54, 1.807) is 0 Å². The third kappa shape index (κ3) is 3.81. The second-order valence-corrected chi connectivity index (χ2v) is 4.19. The Balaban J connectivity index is 2.44. The Labute approximate surface area is 96.6 Å². The molecule has 0 aromatic rings. The summed E-state index contributed by atoms with van der Waals surface area (Å²) in [5, 5.41) is 4.69. The highest BCUT2D eigenvalue weighted by Crippen LogP contribution is 2.12. The summed E-state index contributed by atoms with van der Waals surface area (Å²) in [6.45, 7) is 3.74. The number of urea groups is 1. The molecule has 0 aromatic carbocycles. The minimum atomic E-state index is -0.438. The SMILES string of the molecule is CNC(=O)NC(=O)[C@H](C)N1CCCCCC1. The minimum absolute atomic E-state index is 0.221. The molecule has 2 N–H and O–H groups in total. The maximum Gasteiger partial charge on any atom is 0.321 e. The maximum absolute atomic E-state index is 11.7. The highest BCUT2D eigenvalue weighted by molar-refractivity contribution is 5.96. The summed E-state index contributed by atoms with van der Waals surface area (Å²) in [6.07, 6.45) is 4.75. The molecule has 0 aliphatic carbocycles. The van der Waals surface area contributed by atoms with Gasteiger partial charge < -0.3 is 5.32 Å². The van der Waals surface area contributed by atoms with E-state index in [1.165, 1.54) is 19.9 Å². The molecule has 1 aliphatic rings. The Morgan fingerprint density at radius 2 is 1.69 bits per heavy atom. The van der Waals surface area contributed by atoms with Crippen molar-refractivity contribution in [2.24, 2.45) is 0 Å². The Hall–Kier alpha value is -1.10. The van der Waals surface area contributed by atoms with Gasteiger partial charge in [0.15, 0.2) is 0 Å². The number of carbonyl (C=O) groups is 2. The van der Waals surface area contributed by atoms with Gasteiger partial charge in [-0.05, 0) is 32.9 Å². The van der Waals surface area contributed by atoms with Gasteiger partial charge in [-0.3, -0.25) is 15.0 Å². The first-order chi connectivity index (χ1) is 7.65. The Morgan fingerprint density at radius 3 is 2.19 bits per heavy atom. The summed E-state index contributed by atoms with van der Waals surface area (Å²) in [5.74, 6) is -0.221. The predicted octanol–water partition coefficient (Wildman–Crippen LogP) is 0.706. The molecule has 1 atom stereocenters. The number of hydrogen-bond acceptors (Lipinski definition) is 3. The van der Waals surface area contributed by atoms with Crippen LogP contribution in [0.15, 0.2) is 0 Å². The quantitative estimate of drug-likeness (QED) is 0.730. The van der Waals surface area contributed by atoms with E-state index < -0.39 is 6.03 Å². The summed E-state index contributed by atoms with van der Waals surface area (Å²) < 4.78 is 0. The smallest absolute Gasteiger partial charge is 0.321 e. The third-order valence-corrected chi connectivity index (χ3v) is 3.03. The first-order valence-electron chi connectivity index (χ1n) is 5.91. The molecular weight excluding hydrogens is 206 g/mol. The highest BCUT2D eigenvalue weighted by atomic mass is 16.2. The molecule has 1 aliphatic heterocycles. The highest BCUT2D eigenvalue weighted by Gasteiger charge is 2.22. The van der Waals surface area contributed by atoms with Gasteiger partial charge in [0.1, 0.15) is 0 Å². The molecule has 5 heteroatoms. The van der Waals surface area contributed by atoms with Crippen LogP contribution >= 0.6 is 0 Å². The van der Waals surface area contributed by atoms with E-state index in [1.807, 2.05) is 6.92 Å². The predicted molar refractivity (Wildman–Crippen MR) is 62.1 cm³/mol. The van der Waals surface area contributed by atoms with Crippen LogP contribution in [0.1, 0.15) is 32.6 Å². The number of rotatable bonds is 2. The maximum atomic E-state index is 11.7. The van der Waals surface area contributed by atoms with E-state index in [4.69, 9.17) is 0 Å². The van der Waals surface area contributed by atoms with Crippen LogP contribution in [0.25, 0.3) is 0 Å². The fraction of sp³-hybridized carbons (Fsp3) is 0.818. The number of imide groups is 1. The zero-order chi connectivity index (χ0) is 12.0. The van der Waals surface area contributed by atoms with Crippen molar-refractivity contribution >= 4 is 11.9 Å². The van der Waals surface area contributed by atoms with E-state index >= 15 is 0 Å². The normalized spacial score (nSPS) is 19.6. The van der Waals surface area contributed by atoms with Gasteiger partial charge in [0.05, 0.1) is 6.04 Å². The molecule has 0 aromatic heterocycles. The lowest BCUT2D eigenvalue weighted by Gasteiger charge is -2.26. The van der Waals surface area contributed by atoms with Gasteiger partial charge in [-0.25, -0.2) is 4.79 Å². The van der Waals surface area contributed by atoms with Gasteiger partial charge in [0, 0.05) is 7.05 Å². The molecule has 92 valence electrons. The third-order valence-electron chi connectivity index (χ3n) is 3.03. The summed E-state index contributed by atoms with van der Waals surface area (Å²) in [5.41, 5.74) is 0.